The summed E-state index contributed by atoms with van der Waals surface area (Å²) < 4.78 is 51.0. The van der Waals surface area contributed by atoms with E-state index in [0.717, 1.165) is 56.7 Å². The monoisotopic (exact) mass is 1640 g/mol. The molecule has 0 fully saturated rings. The van der Waals surface area contributed by atoms with Crippen LogP contribution in [0.5, 0.6) is 0 Å². The number of hydrogen-bond donors (Lipinski definition) is 16. The van der Waals surface area contributed by atoms with Crippen molar-refractivity contribution in [2.24, 2.45) is 0 Å². The second-order valence-electron chi connectivity index (χ2n) is 23.4. The van der Waals surface area contributed by atoms with Gasteiger partial charge in [-0.1, -0.05) is 53.4 Å². The van der Waals surface area contributed by atoms with Crippen LogP contribution in [-0.2, 0) is 57.5 Å². The van der Waals surface area contributed by atoms with Gasteiger partial charge in [-0.3, -0.25) is 19.2 Å². The van der Waals surface area contributed by atoms with E-state index in [1.807, 2.05) is 27.7 Å². The highest BCUT2D eigenvalue weighted by molar-refractivity contribution is 5.95. The second-order valence-corrected chi connectivity index (χ2v) is 23.4. The van der Waals surface area contributed by atoms with Crippen LogP contribution in [0.15, 0.2) is 73.1 Å². The quantitative estimate of drug-likeness (QED) is 0.0166. The average Bonchev–Trinajstić information content (AvgIpc) is 0.900. The molecule has 640 valence electrons. The van der Waals surface area contributed by atoms with E-state index >= 15 is 0 Å². The van der Waals surface area contributed by atoms with E-state index in [2.05, 4.69) is 84.0 Å². The highest BCUT2D eigenvalue weighted by Gasteiger charge is 2.22. The minimum absolute atomic E-state index is 0.0461. The number of hydrogen-bond acceptors (Lipinski definition) is 24. The van der Waals surface area contributed by atoms with Gasteiger partial charge in [0, 0.05) is 81.9 Å². The minimum Gasteiger partial charge on any atom is -0.480 e. The zero-order valence-electron chi connectivity index (χ0n) is 64.3. The minimum atomic E-state index is -1.05. The van der Waals surface area contributed by atoms with Crippen LogP contribution in [0, 0.1) is 23.7 Å². The van der Waals surface area contributed by atoms with Crippen molar-refractivity contribution < 1.29 is 134 Å². The molecule has 44 heteroatoms. The molecule has 0 radical (unpaired) electrons. The Morgan fingerprint density at radius 2 is 0.612 bits per heavy atom. The van der Waals surface area contributed by atoms with Gasteiger partial charge in [0.2, 0.25) is 17.8 Å². The van der Waals surface area contributed by atoms with Crippen LogP contribution in [0.2, 0.25) is 0 Å². The van der Waals surface area contributed by atoms with Gasteiger partial charge in [0.05, 0.1) is 5.56 Å². The summed E-state index contributed by atoms with van der Waals surface area (Å²) in [5.74, 6) is -8.02. The second kappa shape index (κ2) is 73.2. The third-order valence-electron chi connectivity index (χ3n) is 14.4. The Labute approximate surface area is 663 Å². The van der Waals surface area contributed by atoms with Crippen molar-refractivity contribution in [2.75, 3.05) is 52.4 Å². The highest BCUT2D eigenvalue weighted by Crippen LogP contribution is 2.07. The number of aliphatic carboxylic acids is 4. The molecule has 0 bridgehead atoms. The molecule has 4 atom stereocenters. The summed E-state index contributed by atoms with van der Waals surface area (Å²) in [6, 6.07) is 7.13. The average molecular weight is 1650 g/mol. The van der Waals surface area contributed by atoms with Crippen LogP contribution < -0.4 is 63.8 Å². The van der Waals surface area contributed by atoms with Crippen molar-refractivity contribution in [1.82, 2.24) is 84.0 Å². The zero-order valence-corrected chi connectivity index (χ0v) is 64.3. The van der Waals surface area contributed by atoms with E-state index in [9.17, 15) is 75.1 Å². The Morgan fingerprint density at radius 1 is 0.328 bits per heavy atom. The summed E-state index contributed by atoms with van der Waals surface area (Å²) >= 11 is 0. The number of amides is 12. The fourth-order valence-corrected chi connectivity index (χ4v) is 8.83. The molecule has 0 saturated carbocycles. The highest BCUT2D eigenvalue weighted by atomic mass is 18.2. The Hall–Kier alpha value is -13.3. The molecule has 1 aromatic carbocycles. The molecule has 0 aliphatic heterocycles. The van der Waals surface area contributed by atoms with Gasteiger partial charge < -0.3 is 84.2 Å². The number of halogens is 4. The Kier molecular flexibility index (Phi) is 68.8. The molecule has 3 heterocycles. The van der Waals surface area contributed by atoms with E-state index < -0.39 is 95.9 Å². The molecule has 116 heavy (non-hydrogen) atoms. The number of unbranched alkanes of at least 4 members (excludes halogenated alkanes) is 8. The lowest BCUT2D eigenvalue weighted by molar-refractivity contribution is -0.193. The van der Waals surface area contributed by atoms with Crippen LogP contribution in [-0.4, -0.2) is 213 Å². The number of aromatic nitrogens is 4. The molecule has 0 aliphatic rings. The molecule has 16 N–H and O–H groups in total. The predicted molar refractivity (Wildman–Crippen MR) is 393 cm³/mol. The third kappa shape index (κ3) is 62.3. The van der Waals surface area contributed by atoms with Crippen molar-refractivity contribution in [1.29, 1.82) is 0 Å². The van der Waals surface area contributed by atoms with Gasteiger partial charge >= 0.3 is 72.6 Å². The number of carboxylic acid groups (broad SMARTS) is 4. The van der Waals surface area contributed by atoms with Crippen LogP contribution >= 0.6 is 0 Å². The number of urea groups is 4. The number of nitrogens with one attached hydrogen (secondary N) is 12. The molecule has 12 amide bonds. The first-order valence-corrected chi connectivity index (χ1v) is 36.1. The molecular formula is C72H100F4N16O24. The van der Waals surface area contributed by atoms with Gasteiger partial charge in [-0.05, 0) is 157 Å². The Balaban J connectivity index is -0.000000687. The largest absolute Gasteiger partial charge is 0.480 e. The summed E-state index contributed by atoms with van der Waals surface area (Å²) in [7, 11) is 0. The maximum atomic E-state index is 12.9. The van der Waals surface area contributed by atoms with Crippen molar-refractivity contribution in [3.8, 4) is 0 Å². The Bertz CT molecular complexity index is 3370. The lowest BCUT2D eigenvalue weighted by atomic mass is 10.2. The molecule has 4 rings (SSSR count). The van der Waals surface area contributed by atoms with E-state index in [4.69, 9.17) is 58.8 Å². The first-order valence-electron chi connectivity index (χ1n) is 36.1. The molecular weight excluding hydrogens is 1540 g/mol. The van der Waals surface area contributed by atoms with Gasteiger partial charge in [-0.15, -0.1) is 10.2 Å². The van der Waals surface area contributed by atoms with Crippen LogP contribution in [0.1, 0.15) is 198 Å². The molecule has 0 saturated heterocycles. The molecule has 3 aromatic heterocycles. The van der Waals surface area contributed by atoms with Crippen molar-refractivity contribution >= 4 is 96.2 Å². The number of nitrogens with zero attached hydrogens (tertiary/aromatic N) is 4. The van der Waals surface area contributed by atoms with Gasteiger partial charge in [-0.2, -0.15) is 51.5 Å². The number of carboxylic acids is 4. The summed E-state index contributed by atoms with van der Waals surface area (Å²) in [6.45, 7) is 10.8. The zero-order chi connectivity index (χ0) is 88.3. The molecule has 0 spiro atoms. The number of rotatable bonds is 44. The lowest BCUT2D eigenvalue weighted by Crippen LogP contribution is -2.46. The van der Waals surface area contributed by atoms with Gasteiger partial charge in [0.1, 0.15) is 30.0 Å². The summed E-state index contributed by atoms with van der Waals surface area (Å²) in [6.07, 6.45) is 16.3. The maximum Gasteiger partial charge on any atom is 0.373 e. The fourth-order valence-electron chi connectivity index (χ4n) is 8.83. The first-order chi connectivity index (χ1) is 55.4. The standard InChI is InChI=1S/C18H26FN3O4.2C17H25FN4O4.C16H24FN5O4.4CO2/c1-2-6-15(17(24)25)22-18(26)21-12-5-3-4-11-20-16(23)13-7-9-14(19)10-8-13;1-2-6-13(16(24)25)22-17(26)20-10-5-3-4-9-19-15(23)12-7-8-14(18)21-11-12;1-2-6-13(16(24)25)22-17(26)21-9-5-3-4-8-20-15(23)12-7-10-19-14(18)11-12;1-2-6-12(15(24)25)20-16(26)19-10-5-3-4-9-18-14(23)11-7-8-13(17)22-21-11;4*2-1-3/h7-10,15H,2-6,11-12H2,1H3,(H,20,23)(H,24,25)(H2,21,22,26);7-8,11,13H,2-6,9-10H2,1H3,(H,19,23)(H,24,25)(H2,20,22,26);7,10-11,13H,2-6,8-9H2,1H3,(H,20,23)(H,24,25)(H2,21,22,26);7-8,12H,2-6,9-10H2,1H3,(H,18,23)(H,24,25)(H2,19,20,26);;;;/t15-;2*13-;12-;;;;/m0000..../s1/i19-1;2*18-1;17-1;;;;. The number of benzene rings is 1. The van der Waals surface area contributed by atoms with Gasteiger partial charge in [0.25, 0.3) is 23.6 Å². The number of pyridine rings is 2. The van der Waals surface area contributed by atoms with E-state index in [1.165, 1.54) is 54.9 Å². The maximum absolute atomic E-state index is 12.9. The third-order valence-corrected chi connectivity index (χ3v) is 14.4. The molecule has 40 nitrogen and oxygen atoms in total. The first kappa shape index (κ1) is 109. The van der Waals surface area contributed by atoms with Crippen LogP contribution in [0.4, 0.5) is 36.7 Å². The topological polar surface area (TPSA) is 618 Å². The number of carbonyl (C=O) groups is 12. The van der Waals surface area contributed by atoms with E-state index in [0.29, 0.717) is 153 Å². The summed E-state index contributed by atoms with van der Waals surface area (Å²) in [5.41, 5.74) is 0.968. The predicted octanol–water partition coefficient (Wildman–Crippen LogP) is 4.36. The molecule has 4 aromatic rings. The van der Waals surface area contributed by atoms with Crippen molar-refractivity contribution in [3.05, 3.63) is 119 Å². The van der Waals surface area contributed by atoms with Gasteiger partial charge in [-0.25, -0.2) is 52.7 Å². The molecule has 0 aliphatic carbocycles. The molecule has 0 unspecified atom stereocenters. The van der Waals surface area contributed by atoms with E-state index in [-0.39, 0.29) is 59.4 Å². The normalized spacial score (nSPS) is 10.6. The lowest BCUT2D eigenvalue weighted by Gasteiger charge is -2.14. The SMILES string of the molecule is CCC[C@H](NC(=O)NCCCCCNC(=O)c1ccc([18F])cc1)C(=O)O.CCC[C@H](NC(=O)NCCCCCNC(=O)c1ccc([18F])nc1)C(=O)O.CCC[C@H](NC(=O)NCCCCCNC(=O)c1ccc([18F])nn1)C(=O)O.CCC[C@H](NC(=O)NCCCCCNC(=O)c1ccnc([18F])c1)C(=O)O.O=C=O.O=C=O.O=C=O.O=C=O. The summed E-state index contributed by atoms with van der Waals surface area (Å²) in [5, 5.41) is 73.3. The van der Waals surface area contributed by atoms with Gasteiger partial charge in [0.15, 0.2) is 5.69 Å². The van der Waals surface area contributed by atoms with Crippen LogP contribution in [0.25, 0.3) is 0 Å². The Morgan fingerprint density at radius 3 is 0.888 bits per heavy atom. The number of carbonyl (C=O) groups excluding carboxylic acids is 16. The van der Waals surface area contributed by atoms with Crippen molar-refractivity contribution in [2.45, 2.75) is 180 Å². The summed E-state index contributed by atoms with van der Waals surface area (Å²) in [4.78, 5) is 209. The van der Waals surface area contributed by atoms with E-state index in [1.54, 1.807) is 0 Å². The smallest absolute Gasteiger partial charge is 0.373 e. The fraction of sp³-hybridized carbons (Fsp3) is 0.500. The van der Waals surface area contributed by atoms with Crippen LogP contribution in [0.3, 0.4) is 0 Å². The van der Waals surface area contributed by atoms with Crippen molar-refractivity contribution in [3.63, 3.8) is 0 Å².